The van der Waals surface area contributed by atoms with Gasteiger partial charge in [-0.15, -0.1) is 0 Å². The highest BCUT2D eigenvalue weighted by atomic mass is 79.9. The van der Waals surface area contributed by atoms with Gasteiger partial charge in [0.15, 0.2) is 11.5 Å². The zero-order valence-electron chi connectivity index (χ0n) is 23.5. The first-order chi connectivity index (χ1) is 19.6. The lowest BCUT2D eigenvalue weighted by Gasteiger charge is -2.27. The van der Waals surface area contributed by atoms with Crippen molar-refractivity contribution in [2.45, 2.75) is 51.4 Å². The van der Waals surface area contributed by atoms with Gasteiger partial charge in [-0.2, -0.15) is 0 Å². The molecule has 4 aromatic carbocycles. The highest BCUT2D eigenvalue weighted by Crippen LogP contribution is 2.56. The molecule has 0 amide bonds. The normalized spacial score (nSPS) is 11.0. The van der Waals surface area contributed by atoms with Crippen LogP contribution in [0, 0.1) is 0 Å². The van der Waals surface area contributed by atoms with E-state index in [4.69, 9.17) is 4.74 Å². The number of halogens is 1. The molecule has 0 radical (unpaired) electrons. The van der Waals surface area contributed by atoms with Gasteiger partial charge in [0, 0.05) is 0 Å². The fourth-order valence-electron chi connectivity index (χ4n) is 5.33. The van der Waals surface area contributed by atoms with Crippen LogP contribution >= 0.6 is 7.26 Å². The number of benzene rings is 4. The maximum Gasteiger partial charge on any atom is 0.342 e. The Kier molecular flexibility index (Phi) is 13.4. The molecule has 41 heavy (non-hydrogen) atoms. The summed E-state index contributed by atoms with van der Waals surface area (Å²) >= 11 is 0. The molecule has 216 valence electrons. The van der Waals surface area contributed by atoms with E-state index in [1.807, 2.05) is 0 Å². The molecule has 0 fully saturated rings. The number of rotatable bonds is 15. The number of unbranched alkanes of at least 4 members (excludes halogenated alkanes) is 7. The second kappa shape index (κ2) is 17.0. The minimum atomic E-state index is -1.73. The number of phenolic OH excluding ortho intramolecular Hbond substituents is 2. The minimum absolute atomic E-state index is 0. The lowest BCUT2D eigenvalue weighted by atomic mass is 10.1. The van der Waals surface area contributed by atoms with Gasteiger partial charge in [-0.25, -0.2) is 4.79 Å². The number of carbonyl (C=O) groups is 1. The standard InChI is InChI=1S/C35H39O4P.BrH/c36-33-26-18-25-32(34(33)37)35(38)39-27-16-5-3-1-2-4-6-17-28-40(29-19-10-7-11-20-29,30-21-12-8-13-22-30)31-23-14-9-15-24-31;/h7-15,18-26H,1-6,16-17,27-28H2,(H-,36,37,38);1H. The lowest BCUT2D eigenvalue weighted by Crippen LogP contribution is -3.00. The van der Waals surface area contributed by atoms with Gasteiger partial charge in [0.05, 0.1) is 12.8 Å². The van der Waals surface area contributed by atoms with Crippen molar-refractivity contribution >= 4 is 29.1 Å². The van der Waals surface area contributed by atoms with E-state index >= 15 is 0 Å². The molecule has 0 aliphatic carbocycles. The molecule has 0 atom stereocenters. The van der Waals surface area contributed by atoms with Crippen LogP contribution in [0.5, 0.6) is 11.5 Å². The SMILES string of the molecule is O=C(OCCCCCCCCCC[P+](c1ccccc1)(c1ccccc1)c1ccccc1)c1cccc(O)c1O.[Br-]. The van der Waals surface area contributed by atoms with E-state index in [1.165, 1.54) is 72.4 Å². The molecular weight excluding hydrogens is 595 g/mol. The van der Waals surface area contributed by atoms with E-state index in [-0.39, 0.29) is 28.3 Å². The van der Waals surface area contributed by atoms with Gasteiger partial charge in [0.25, 0.3) is 0 Å². The van der Waals surface area contributed by atoms with E-state index in [1.54, 1.807) is 0 Å². The molecule has 4 aromatic rings. The van der Waals surface area contributed by atoms with Crippen molar-refractivity contribution in [3.63, 3.8) is 0 Å². The molecule has 4 rings (SSSR count). The number of carbonyl (C=O) groups excluding carboxylic acids is 1. The predicted octanol–water partition coefficient (Wildman–Crippen LogP) is 4.37. The Morgan fingerprint density at radius 2 is 1.00 bits per heavy atom. The van der Waals surface area contributed by atoms with Crippen molar-refractivity contribution in [2.24, 2.45) is 0 Å². The van der Waals surface area contributed by atoms with E-state index < -0.39 is 19.0 Å². The Hall–Kier alpha value is -3.14. The topological polar surface area (TPSA) is 66.8 Å². The number of ether oxygens (including phenoxy) is 1. The fraction of sp³-hybridized carbons (Fsp3) is 0.286. The number of phenols is 2. The molecule has 0 spiro atoms. The Bertz CT molecular complexity index is 1220. The Morgan fingerprint density at radius 1 is 0.561 bits per heavy atom. The van der Waals surface area contributed by atoms with Gasteiger partial charge in [0.2, 0.25) is 0 Å². The average Bonchev–Trinajstić information content (AvgIpc) is 3.00. The van der Waals surface area contributed by atoms with Crippen LogP contribution in [0.3, 0.4) is 0 Å². The monoisotopic (exact) mass is 634 g/mol. The summed E-state index contributed by atoms with van der Waals surface area (Å²) in [6.45, 7) is 0.318. The Labute approximate surface area is 255 Å². The molecule has 0 saturated heterocycles. The molecule has 0 saturated carbocycles. The molecule has 0 aliphatic rings. The first-order valence-corrected chi connectivity index (χ1v) is 16.3. The first-order valence-electron chi connectivity index (χ1n) is 14.4. The Morgan fingerprint density at radius 3 is 1.49 bits per heavy atom. The summed E-state index contributed by atoms with van der Waals surface area (Å²) < 4.78 is 5.26. The summed E-state index contributed by atoms with van der Waals surface area (Å²) in [5.41, 5.74) is -0.00161. The number of aromatic hydroxyl groups is 2. The van der Waals surface area contributed by atoms with Crippen molar-refractivity contribution in [1.29, 1.82) is 0 Å². The van der Waals surface area contributed by atoms with Crippen molar-refractivity contribution in [1.82, 2.24) is 0 Å². The maximum atomic E-state index is 12.1. The lowest BCUT2D eigenvalue weighted by molar-refractivity contribution is -0.0000286. The smallest absolute Gasteiger partial charge is 0.342 e. The minimum Gasteiger partial charge on any atom is -1.00 e. The van der Waals surface area contributed by atoms with E-state index in [0.717, 1.165) is 19.3 Å². The summed E-state index contributed by atoms with van der Waals surface area (Å²) in [6, 6.07) is 37.6. The van der Waals surface area contributed by atoms with Gasteiger partial charge < -0.3 is 31.9 Å². The highest BCUT2D eigenvalue weighted by Gasteiger charge is 2.44. The van der Waals surface area contributed by atoms with Crippen LogP contribution in [-0.4, -0.2) is 29.0 Å². The molecular formula is C35H40BrO4P. The van der Waals surface area contributed by atoms with Crippen molar-refractivity contribution in [3.8, 4) is 11.5 Å². The van der Waals surface area contributed by atoms with Crippen LogP contribution < -0.4 is 32.9 Å². The zero-order chi connectivity index (χ0) is 28.0. The third kappa shape index (κ3) is 8.67. The van der Waals surface area contributed by atoms with Gasteiger partial charge in [-0.1, -0.05) is 92.8 Å². The molecule has 4 nitrogen and oxygen atoms in total. The summed E-state index contributed by atoms with van der Waals surface area (Å²) in [5, 5.41) is 23.7. The summed E-state index contributed by atoms with van der Waals surface area (Å²) in [5.74, 6) is -1.35. The quantitative estimate of drug-likeness (QED) is 0.0882. The van der Waals surface area contributed by atoms with E-state index in [0.29, 0.717) is 6.61 Å². The van der Waals surface area contributed by atoms with Crippen LogP contribution in [0.2, 0.25) is 0 Å². The fourth-order valence-corrected chi connectivity index (χ4v) is 9.74. The molecule has 0 heterocycles. The number of esters is 1. The third-order valence-corrected chi connectivity index (χ3v) is 12.0. The number of para-hydroxylation sites is 1. The van der Waals surface area contributed by atoms with Crippen LogP contribution in [0.1, 0.15) is 61.7 Å². The van der Waals surface area contributed by atoms with Crippen LogP contribution in [-0.2, 0) is 4.74 Å². The summed E-state index contributed by atoms with van der Waals surface area (Å²) in [4.78, 5) is 12.1. The summed E-state index contributed by atoms with van der Waals surface area (Å²) in [6.07, 6.45) is 10.1. The number of hydrogen-bond donors (Lipinski definition) is 2. The van der Waals surface area contributed by atoms with E-state index in [9.17, 15) is 15.0 Å². The van der Waals surface area contributed by atoms with Crippen molar-refractivity contribution < 1.29 is 36.7 Å². The first kappa shape index (κ1) is 32.4. The van der Waals surface area contributed by atoms with Gasteiger partial charge in [-0.05, 0) is 67.8 Å². The van der Waals surface area contributed by atoms with Gasteiger partial charge >= 0.3 is 5.97 Å². The van der Waals surface area contributed by atoms with Crippen molar-refractivity contribution in [3.05, 3.63) is 115 Å². The molecule has 0 aliphatic heterocycles. The van der Waals surface area contributed by atoms with Crippen molar-refractivity contribution in [2.75, 3.05) is 12.8 Å². The maximum absolute atomic E-state index is 12.1. The molecule has 0 unspecified atom stereocenters. The Balaban J connectivity index is 0.00000462. The van der Waals surface area contributed by atoms with Gasteiger partial charge in [0.1, 0.15) is 28.7 Å². The predicted molar refractivity (Wildman–Crippen MR) is 167 cm³/mol. The molecule has 6 heteroatoms. The van der Waals surface area contributed by atoms with Crippen LogP contribution in [0.4, 0.5) is 0 Å². The second-order valence-corrected chi connectivity index (χ2v) is 13.8. The highest BCUT2D eigenvalue weighted by molar-refractivity contribution is 7.95. The van der Waals surface area contributed by atoms with Crippen LogP contribution in [0.15, 0.2) is 109 Å². The molecule has 0 bridgehead atoms. The van der Waals surface area contributed by atoms with E-state index in [2.05, 4.69) is 91.0 Å². The molecule has 0 aromatic heterocycles. The van der Waals surface area contributed by atoms with Crippen LogP contribution in [0.25, 0.3) is 0 Å². The molecule has 2 N–H and O–H groups in total. The largest absolute Gasteiger partial charge is 1.00 e. The van der Waals surface area contributed by atoms with Gasteiger partial charge in [-0.3, -0.25) is 0 Å². The second-order valence-electron chi connectivity index (χ2n) is 10.2. The third-order valence-electron chi connectivity index (χ3n) is 7.45. The average molecular weight is 636 g/mol. The zero-order valence-corrected chi connectivity index (χ0v) is 26.0. The summed E-state index contributed by atoms with van der Waals surface area (Å²) in [7, 11) is -1.73. The number of hydrogen-bond acceptors (Lipinski definition) is 4.